The number of amides is 1. The van der Waals surface area contributed by atoms with Crippen LogP contribution in [0.2, 0.25) is 0 Å². The monoisotopic (exact) mass is 370 g/mol. The molecule has 0 saturated carbocycles. The summed E-state index contributed by atoms with van der Waals surface area (Å²) in [6, 6.07) is 16.3. The molecule has 0 bridgehead atoms. The Hall–Kier alpha value is -2.18. The van der Waals surface area contributed by atoms with Crippen molar-refractivity contribution in [3.63, 3.8) is 0 Å². The Morgan fingerprint density at radius 1 is 1.12 bits per heavy atom. The SMILES string of the molecule is O=C1CSC(c2ccc3c(c2)OCO3)N1CCCNCc1ccccc1. The molecule has 0 aliphatic carbocycles. The van der Waals surface area contributed by atoms with Gasteiger partial charge in [-0.1, -0.05) is 36.4 Å². The zero-order chi connectivity index (χ0) is 17.8. The third-order valence-electron chi connectivity index (χ3n) is 4.57. The van der Waals surface area contributed by atoms with Gasteiger partial charge in [-0.3, -0.25) is 4.79 Å². The molecule has 1 unspecified atom stereocenters. The summed E-state index contributed by atoms with van der Waals surface area (Å²) in [6.45, 7) is 2.77. The predicted octanol–water partition coefficient (Wildman–Crippen LogP) is 3.17. The van der Waals surface area contributed by atoms with Gasteiger partial charge in [-0.05, 0) is 36.2 Å². The summed E-state index contributed by atoms with van der Waals surface area (Å²) in [5.74, 6) is 2.30. The quantitative estimate of drug-likeness (QED) is 0.759. The van der Waals surface area contributed by atoms with Gasteiger partial charge in [0.25, 0.3) is 0 Å². The zero-order valence-electron chi connectivity index (χ0n) is 14.5. The van der Waals surface area contributed by atoms with Crippen LogP contribution >= 0.6 is 11.8 Å². The summed E-state index contributed by atoms with van der Waals surface area (Å²) in [7, 11) is 0. The molecule has 5 nitrogen and oxygen atoms in total. The van der Waals surface area contributed by atoms with E-state index in [0.29, 0.717) is 5.75 Å². The summed E-state index contributed by atoms with van der Waals surface area (Å²) < 4.78 is 10.8. The zero-order valence-corrected chi connectivity index (χ0v) is 15.3. The molecule has 1 saturated heterocycles. The van der Waals surface area contributed by atoms with E-state index in [-0.39, 0.29) is 18.1 Å². The van der Waals surface area contributed by atoms with E-state index in [1.807, 2.05) is 41.3 Å². The maximum absolute atomic E-state index is 12.3. The van der Waals surface area contributed by atoms with Gasteiger partial charge in [0.2, 0.25) is 12.7 Å². The van der Waals surface area contributed by atoms with Gasteiger partial charge in [-0.2, -0.15) is 0 Å². The number of hydrogen-bond acceptors (Lipinski definition) is 5. The Morgan fingerprint density at radius 2 is 1.96 bits per heavy atom. The van der Waals surface area contributed by atoms with Crippen LogP contribution in [0.4, 0.5) is 0 Å². The lowest BCUT2D eigenvalue weighted by Crippen LogP contribution is -2.31. The lowest BCUT2D eigenvalue weighted by Gasteiger charge is -2.24. The second-order valence-electron chi connectivity index (χ2n) is 6.38. The smallest absolute Gasteiger partial charge is 0.233 e. The van der Waals surface area contributed by atoms with E-state index in [1.165, 1.54) is 5.56 Å². The molecule has 2 aliphatic rings. The van der Waals surface area contributed by atoms with Gasteiger partial charge in [-0.25, -0.2) is 0 Å². The third-order valence-corrected chi connectivity index (χ3v) is 5.83. The number of carbonyl (C=O) groups is 1. The molecule has 2 aromatic carbocycles. The van der Waals surface area contributed by atoms with Crippen LogP contribution in [0.1, 0.15) is 22.9 Å². The molecule has 26 heavy (non-hydrogen) atoms. The highest BCUT2D eigenvalue weighted by atomic mass is 32.2. The maximum Gasteiger partial charge on any atom is 0.233 e. The fourth-order valence-electron chi connectivity index (χ4n) is 3.24. The first-order chi connectivity index (χ1) is 12.8. The number of nitrogens with one attached hydrogen (secondary N) is 1. The van der Waals surface area contributed by atoms with E-state index in [9.17, 15) is 4.79 Å². The number of benzene rings is 2. The van der Waals surface area contributed by atoms with Crippen molar-refractivity contribution in [3.05, 3.63) is 59.7 Å². The molecule has 6 heteroatoms. The molecule has 1 amide bonds. The number of thioether (sulfide) groups is 1. The Morgan fingerprint density at radius 3 is 2.85 bits per heavy atom. The molecule has 0 radical (unpaired) electrons. The van der Waals surface area contributed by atoms with Gasteiger partial charge >= 0.3 is 0 Å². The average Bonchev–Trinajstić information content (AvgIpc) is 3.28. The number of hydrogen-bond donors (Lipinski definition) is 1. The lowest BCUT2D eigenvalue weighted by molar-refractivity contribution is -0.128. The average molecular weight is 370 g/mol. The van der Waals surface area contributed by atoms with Crippen LogP contribution in [0.25, 0.3) is 0 Å². The minimum absolute atomic E-state index is 0.0612. The highest BCUT2D eigenvalue weighted by molar-refractivity contribution is 8.00. The van der Waals surface area contributed by atoms with Gasteiger partial charge in [-0.15, -0.1) is 11.8 Å². The van der Waals surface area contributed by atoms with Crippen LogP contribution < -0.4 is 14.8 Å². The molecular weight excluding hydrogens is 348 g/mol. The van der Waals surface area contributed by atoms with Crippen LogP contribution in [0.3, 0.4) is 0 Å². The van der Waals surface area contributed by atoms with Gasteiger partial charge in [0.1, 0.15) is 5.37 Å². The highest BCUT2D eigenvalue weighted by Gasteiger charge is 2.33. The number of rotatable bonds is 7. The van der Waals surface area contributed by atoms with Crippen molar-refractivity contribution in [1.82, 2.24) is 10.2 Å². The summed E-state index contributed by atoms with van der Waals surface area (Å²) in [5.41, 5.74) is 2.38. The van der Waals surface area contributed by atoms with Crippen LogP contribution in [0.5, 0.6) is 11.5 Å². The van der Waals surface area contributed by atoms with Gasteiger partial charge in [0.05, 0.1) is 5.75 Å². The Kier molecular flexibility index (Phi) is 5.32. The molecule has 2 aliphatic heterocycles. The second-order valence-corrected chi connectivity index (χ2v) is 7.45. The van der Waals surface area contributed by atoms with E-state index < -0.39 is 0 Å². The van der Waals surface area contributed by atoms with E-state index in [0.717, 1.165) is 43.1 Å². The summed E-state index contributed by atoms with van der Waals surface area (Å²) in [6.07, 6.45) is 0.931. The lowest BCUT2D eigenvalue weighted by atomic mass is 10.1. The molecule has 4 rings (SSSR count). The van der Waals surface area contributed by atoms with Crippen molar-refractivity contribution in [2.45, 2.75) is 18.3 Å². The standard InChI is InChI=1S/C20H22N2O3S/c23-19-13-26-20(16-7-8-17-18(11-16)25-14-24-17)22(19)10-4-9-21-12-15-5-2-1-3-6-15/h1-3,5-8,11,20-21H,4,9-10,12-14H2. The maximum atomic E-state index is 12.3. The van der Waals surface area contributed by atoms with Crippen LogP contribution in [-0.4, -0.2) is 36.4 Å². The van der Waals surface area contributed by atoms with Crippen molar-refractivity contribution in [3.8, 4) is 11.5 Å². The van der Waals surface area contributed by atoms with E-state index in [4.69, 9.17) is 9.47 Å². The summed E-state index contributed by atoms with van der Waals surface area (Å²) in [5, 5.41) is 3.51. The number of carbonyl (C=O) groups excluding carboxylic acids is 1. The van der Waals surface area contributed by atoms with E-state index in [2.05, 4.69) is 17.4 Å². The third kappa shape index (κ3) is 3.81. The Bertz CT molecular complexity index is 769. The molecule has 1 atom stereocenters. The molecule has 2 heterocycles. The van der Waals surface area contributed by atoms with Crippen molar-refractivity contribution in [2.24, 2.45) is 0 Å². The normalized spacial score (nSPS) is 18.5. The van der Waals surface area contributed by atoms with Crippen LogP contribution in [0.15, 0.2) is 48.5 Å². The van der Waals surface area contributed by atoms with Crippen LogP contribution in [0, 0.1) is 0 Å². The number of ether oxygens (including phenoxy) is 2. The molecule has 1 fully saturated rings. The fourth-order valence-corrected chi connectivity index (χ4v) is 4.45. The Balaban J connectivity index is 1.30. The topological polar surface area (TPSA) is 50.8 Å². The Labute approximate surface area is 157 Å². The largest absolute Gasteiger partial charge is 0.454 e. The molecular formula is C20H22N2O3S. The number of nitrogens with zero attached hydrogens (tertiary/aromatic N) is 1. The minimum atomic E-state index is 0.0612. The first-order valence-corrected chi connectivity index (χ1v) is 9.91. The van der Waals surface area contributed by atoms with Crippen molar-refractivity contribution >= 4 is 17.7 Å². The fraction of sp³-hybridized carbons (Fsp3) is 0.350. The first-order valence-electron chi connectivity index (χ1n) is 8.86. The van der Waals surface area contributed by atoms with Gasteiger partial charge in [0, 0.05) is 13.1 Å². The molecule has 1 N–H and O–H groups in total. The molecule has 0 aromatic heterocycles. The van der Waals surface area contributed by atoms with Crippen molar-refractivity contribution < 1.29 is 14.3 Å². The van der Waals surface area contributed by atoms with E-state index >= 15 is 0 Å². The molecule has 136 valence electrons. The van der Waals surface area contributed by atoms with E-state index in [1.54, 1.807) is 11.8 Å². The highest BCUT2D eigenvalue weighted by Crippen LogP contribution is 2.42. The first kappa shape index (κ1) is 17.2. The summed E-state index contributed by atoms with van der Waals surface area (Å²) >= 11 is 1.68. The summed E-state index contributed by atoms with van der Waals surface area (Å²) in [4.78, 5) is 14.3. The molecule has 0 spiro atoms. The van der Waals surface area contributed by atoms with Gasteiger partial charge in [0.15, 0.2) is 11.5 Å². The predicted molar refractivity (Wildman–Crippen MR) is 102 cm³/mol. The second kappa shape index (κ2) is 8.01. The molecule has 2 aromatic rings. The van der Waals surface area contributed by atoms with Crippen molar-refractivity contribution in [2.75, 3.05) is 25.6 Å². The van der Waals surface area contributed by atoms with Gasteiger partial charge < -0.3 is 19.7 Å². The number of fused-ring (bicyclic) bond motifs is 1. The minimum Gasteiger partial charge on any atom is -0.454 e. The van der Waals surface area contributed by atoms with Crippen molar-refractivity contribution in [1.29, 1.82) is 0 Å². The van der Waals surface area contributed by atoms with Crippen LogP contribution in [-0.2, 0) is 11.3 Å².